The van der Waals surface area contributed by atoms with E-state index in [9.17, 15) is 13.6 Å². The van der Waals surface area contributed by atoms with Crippen LogP contribution in [0.15, 0.2) is 42.5 Å². The number of hydrogen-bond donors (Lipinski definition) is 1. The van der Waals surface area contributed by atoms with Gasteiger partial charge in [-0.25, -0.2) is 8.78 Å². The van der Waals surface area contributed by atoms with Crippen molar-refractivity contribution < 1.29 is 13.6 Å². The number of carbonyl (C=O) groups excluding carboxylic acids is 1. The number of nitrogens with one attached hydrogen (secondary N) is 1. The molecule has 2 aromatic carbocycles. The van der Waals surface area contributed by atoms with Crippen molar-refractivity contribution in [3.05, 3.63) is 70.3 Å². The Morgan fingerprint density at radius 2 is 1.91 bits per heavy atom. The first-order valence-electron chi connectivity index (χ1n) is 11.8. The zero-order valence-corrected chi connectivity index (χ0v) is 18.4. The van der Waals surface area contributed by atoms with Gasteiger partial charge in [0, 0.05) is 36.8 Å². The van der Waals surface area contributed by atoms with Crippen molar-refractivity contribution in [2.24, 2.45) is 0 Å². The molecule has 3 aliphatic heterocycles. The fraction of sp³-hybridized carbons (Fsp3) is 0.500. The minimum atomic E-state index is -2.42. The van der Waals surface area contributed by atoms with E-state index in [1.165, 1.54) is 17.2 Å². The van der Waals surface area contributed by atoms with Gasteiger partial charge >= 0.3 is 0 Å². The Labute approximate surface area is 188 Å². The Kier molecular flexibility index (Phi) is 6.24. The number of piperidine rings is 2. The third-order valence-corrected chi connectivity index (χ3v) is 7.34. The molecule has 5 rings (SSSR count). The monoisotopic (exact) mass is 439 g/mol. The van der Waals surface area contributed by atoms with E-state index in [-0.39, 0.29) is 11.5 Å². The maximum atomic E-state index is 13.0. The molecule has 1 N–H and O–H groups in total. The van der Waals surface area contributed by atoms with Crippen LogP contribution in [-0.2, 0) is 13.1 Å². The van der Waals surface area contributed by atoms with Crippen molar-refractivity contribution in [1.29, 1.82) is 0 Å². The van der Waals surface area contributed by atoms with E-state index in [1.54, 1.807) is 12.1 Å². The zero-order valence-electron chi connectivity index (χ0n) is 18.4. The molecule has 6 heteroatoms. The lowest BCUT2D eigenvalue weighted by molar-refractivity contribution is 0.0674. The third kappa shape index (κ3) is 4.44. The summed E-state index contributed by atoms with van der Waals surface area (Å²) in [6.45, 7) is 5.31. The fourth-order valence-electron chi connectivity index (χ4n) is 5.52. The number of rotatable bonds is 5. The molecular formula is C26H31F2N3O. The van der Waals surface area contributed by atoms with Crippen LogP contribution in [0.25, 0.3) is 0 Å². The molecule has 1 atom stereocenters. The van der Waals surface area contributed by atoms with E-state index >= 15 is 0 Å². The van der Waals surface area contributed by atoms with Gasteiger partial charge in [0.2, 0.25) is 0 Å². The molecule has 170 valence electrons. The van der Waals surface area contributed by atoms with Crippen molar-refractivity contribution in [3.63, 3.8) is 0 Å². The van der Waals surface area contributed by atoms with Crippen molar-refractivity contribution in [2.75, 3.05) is 26.2 Å². The molecule has 1 unspecified atom stereocenters. The van der Waals surface area contributed by atoms with Crippen LogP contribution >= 0.6 is 0 Å². The van der Waals surface area contributed by atoms with Crippen LogP contribution in [-0.4, -0.2) is 47.9 Å². The summed E-state index contributed by atoms with van der Waals surface area (Å²) in [7, 11) is 0. The van der Waals surface area contributed by atoms with Crippen LogP contribution < -0.4 is 5.32 Å². The summed E-state index contributed by atoms with van der Waals surface area (Å²) in [5.41, 5.74) is 4.43. The minimum Gasteiger partial charge on any atom is -0.330 e. The number of likely N-dealkylation sites (tertiary alicyclic amines) is 1. The van der Waals surface area contributed by atoms with Crippen LogP contribution in [0.4, 0.5) is 8.78 Å². The van der Waals surface area contributed by atoms with Crippen LogP contribution in [0.5, 0.6) is 0 Å². The molecule has 1 amide bonds. The second kappa shape index (κ2) is 9.28. The second-order valence-corrected chi connectivity index (χ2v) is 9.45. The topological polar surface area (TPSA) is 35.6 Å². The number of fused-ring (bicyclic) bond motifs is 1. The van der Waals surface area contributed by atoms with Crippen LogP contribution in [0.2, 0.25) is 0 Å². The molecule has 0 aromatic heterocycles. The number of benzene rings is 2. The first-order chi connectivity index (χ1) is 15.6. The first-order valence-corrected chi connectivity index (χ1v) is 11.8. The van der Waals surface area contributed by atoms with E-state index in [4.69, 9.17) is 0 Å². The number of halogens is 2. The highest BCUT2D eigenvalue weighted by molar-refractivity contribution is 5.98. The summed E-state index contributed by atoms with van der Waals surface area (Å²) < 4.78 is 25.9. The molecule has 2 fully saturated rings. The highest BCUT2D eigenvalue weighted by Crippen LogP contribution is 2.34. The Balaban J connectivity index is 1.20. The summed E-state index contributed by atoms with van der Waals surface area (Å²) in [5, 5.41) is 3.42. The predicted molar refractivity (Wildman–Crippen MR) is 121 cm³/mol. The molecule has 0 aliphatic carbocycles. The van der Waals surface area contributed by atoms with Gasteiger partial charge in [-0.3, -0.25) is 9.69 Å². The lowest BCUT2D eigenvalue weighted by atomic mass is 9.87. The number of nitrogens with zero attached hydrogens (tertiary/aromatic N) is 2. The van der Waals surface area contributed by atoms with E-state index in [1.807, 2.05) is 12.1 Å². The van der Waals surface area contributed by atoms with Gasteiger partial charge < -0.3 is 10.2 Å². The molecule has 4 nitrogen and oxygen atoms in total. The number of alkyl halides is 2. The van der Waals surface area contributed by atoms with Gasteiger partial charge in [-0.05, 0) is 80.1 Å². The van der Waals surface area contributed by atoms with E-state index in [0.29, 0.717) is 12.0 Å². The quantitative estimate of drug-likeness (QED) is 0.733. The number of hydrogen-bond acceptors (Lipinski definition) is 3. The SMILES string of the molecule is O=C1c2ccc(C3CCN(Cc4cccc(C(F)F)c4)CC3)cc2CN1C1CCCNC1. The lowest BCUT2D eigenvalue weighted by Crippen LogP contribution is -2.46. The number of amides is 1. The summed E-state index contributed by atoms with van der Waals surface area (Å²) in [6.07, 6.45) is 1.90. The van der Waals surface area contributed by atoms with Crippen molar-refractivity contribution in [3.8, 4) is 0 Å². The molecule has 32 heavy (non-hydrogen) atoms. The van der Waals surface area contributed by atoms with Gasteiger partial charge in [0.15, 0.2) is 0 Å². The molecule has 3 heterocycles. The Hall–Kier alpha value is -2.31. The largest absolute Gasteiger partial charge is 0.330 e. The standard InChI is InChI=1S/C26H31F2N3O/c27-25(28)21-4-1-3-18(13-21)16-30-11-8-19(9-12-30)20-6-7-24-22(14-20)17-31(26(24)32)23-5-2-10-29-15-23/h1,3-4,6-7,13-14,19,23,25,29H,2,5,8-12,15-17H2. The zero-order chi connectivity index (χ0) is 22.1. The fourth-order valence-corrected chi connectivity index (χ4v) is 5.52. The van der Waals surface area contributed by atoms with Gasteiger partial charge in [0.25, 0.3) is 12.3 Å². The highest BCUT2D eigenvalue weighted by Gasteiger charge is 2.34. The van der Waals surface area contributed by atoms with E-state index in [2.05, 4.69) is 27.2 Å². The summed E-state index contributed by atoms with van der Waals surface area (Å²) in [5.74, 6) is 0.672. The Morgan fingerprint density at radius 1 is 1.06 bits per heavy atom. The summed E-state index contributed by atoms with van der Waals surface area (Å²) in [6, 6.07) is 13.5. The van der Waals surface area contributed by atoms with Crippen LogP contribution in [0.3, 0.4) is 0 Å². The average Bonchev–Trinajstić information content (AvgIpc) is 3.16. The molecular weight excluding hydrogens is 408 g/mol. The van der Waals surface area contributed by atoms with Crippen molar-refractivity contribution in [1.82, 2.24) is 15.1 Å². The molecule has 0 radical (unpaired) electrons. The van der Waals surface area contributed by atoms with Crippen LogP contribution in [0, 0.1) is 0 Å². The minimum absolute atomic E-state index is 0.100. The lowest BCUT2D eigenvalue weighted by Gasteiger charge is -2.32. The molecule has 0 saturated carbocycles. The Bertz CT molecular complexity index is 965. The van der Waals surface area contributed by atoms with E-state index < -0.39 is 6.43 Å². The van der Waals surface area contributed by atoms with Crippen molar-refractivity contribution >= 4 is 5.91 Å². The van der Waals surface area contributed by atoms with Gasteiger partial charge in [-0.1, -0.05) is 30.3 Å². The average molecular weight is 440 g/mol. The third-order valence-electron chi connectivity index (χ3n) is 7.34. The predicted octanol–water partition coefficient (Wildman–Crippen LogP) is 4.71. The van der Waals surface area contributed by atoms with Gasteiger partial charge in [-0.2, -0.15) is 0 Å². The maximum absolute atomic E-state index is 13.0. The summed E-state index contributed by atoms with van der Waals surface area (Å²) >= 11 is 0. The highest BCUT2D eigenvalue weighted by atomic mass is 19.3. The van der Waals surface area contributed by atoms with Gasteiger partial charge in [-0.15, -0.1) is 0 Å². The smallest absolute Gasteiger partial charge is 0.263 e. The molecule has 0 spiro atoms. The molecule has 2 saturated heterocycles. The van der Waals surface area contributed by atoms with Crippen LogP contribution in [0.1, 0.15) is 70.6 Å². The molecule has 3 aliphatic rings. The van der Waals surface area contributed by atoms with Crippen molar-refractivity contribution in [2.45, 2.75) is 57.2 Å². The van der Waals surface area contributed by atoms with Gasteiger partial charge in [0.05, 0.1) is 0 Å². The second-order valence-electron chi connectivity index (χ2n) is 9.45. The summed E-state index contributed by atoms with van der Waals surface area (Å²) in [4.78, 5) is 17.3. The molecule has 2 aromatic rings. The van der Waals surface area contributed by atoms with Gasteiger partial charge in [0.1, 0.15) is 0 Å². The molecule has 0 bridgehead atoms. The Morgan fingerprint density at radius 3 is 2.66 bits per heavy atom. The van der Waals surface area contributed by atoms with E-state index in [0.717, 1.165) is 76.1 Å². The normalized spacial score (nSPS) is 22.5. The maximum Gasteiger partial charge on any atom is 0.263 e. The first kappa shape index (κ1) is 21.5. The number of carbonyl (C=O) groups is 1.